The molecule has 47 valence electrons. The molecule has 4 heteroatoms. The van der Waals surface area contributed by atoms with E-state index in [1.165, 1.54) is 0 Å². The summed E-state index contributed by atoms with van der Waals surface area (Å²) in [5.41, 5.74) is 0. The van der Waals surface area contributed by atoms with Crippen molar-refractivity contribution in [1.82, 2.24) is 4.98 Å². The molecule has 0 aromatic carbocycles. The molecule has 1 aromatic heterocycles. The summed E-state index contributed by atoms with van der Waals surface area (Å²) in [5, 5.41) is 11.9. The number of hydrogen-bond acceptors (Lipinski definition) is 1. The third-order valence-electron chi connectivity index (χ3n) is 0.835. The zero-order valence-corrected chi connectivity index (χ0v) is 4.55. The fraction of sp³-hybridized carbons (Fsp3) is 0. The van der Waals surface area contributed by atoms with Crippen LogP contribution in [0, 0.1) is 0 Å². The van der Waals surface area contributed by atoms with Crippen LogP contribution in [0.3, 0.4) is 0 Å². The predicted molar refractivity (Wildman–Crippen MR) is 30.5 cm³/mol. The smallest absolute Gasteiger partial charge is 0.348 e. The first-order valence-electron chi connectivity index (χ1n) is 2.40. The monoisotopic (exact) mass is 125 g/mol. The first-order valence-corrected chi connectivity index (χ1v) is 2.40. The third kappa shape index (κ3) is 1.49. The van der Waals surface area contributed by atoms with Gasteiger partial charge in [0.25, 0.3) is 0 Å². The van der Waals surface area contributed by atoms with E-state index in [9.17, 15) is 9.90 Å². The summed E-state index contributed by atoms with van der Waals surface area (Å²) >= 11 is 0. The van der Waals surface area contributed by atoms with Gasteiger partial charge in [0.2, 0.25) is 0 Å². The van der Waals surface area contributed by atoms with Crippen LogP contribution < -0.4 is 5.32 Å². The number of anilines is 1. The number of aromatic nitrogens is 1. The van der Waals surface area contributed by atoms with Crippen molar-refractivity contribution >= 4 is 11.9 Å². The number of rotatable bonds is 1. The molecule has 0 aliphatic heterocycles. The van der Waals surface area contributed by atoms with Crippen LogP contribution in [0.25, 0.3) is 0 Å². The summed E-state index contributed by atoms with van der Waals surface area (Å²) in [6.07, 6.45) is 0.308. The van der Waals surface area contributed by atoms with Crippen molar-refractivity contribution in [1.29, 1.82) is 0 Å². The van der Waals surface area contributed by atoms with Gasteiger partial charge in [-0.1, -0.05) is 0 Å². The first kappa shape index (κ1) is 5.68. The topological polar surface area (TPSA) is 64.8 Å². The molecular formula is C5H5N2O2. The van der Waals surface area contributed by atoms with Gasteiger partial charge in [0, 0.05) is 6.20 Å². The lowest BCUT2D eigenvalue weighted by molar-refractivity contribution is 0.185. The normalized spacial score (nSPS) is 8.89. The Morgan fingerprint density at radius 3 is 2.89 bits per heavy atom. The molecule has 0 aliphatic rings. The van der Waals surface area contributed by atoms with Gasteiger partial charge < -0.3 is 4.98 Å². The number of nitrogens with one attached hydrogen (secondary N) is 2. The highest BCUT2D eigenvalue weighted by molar-refractivity contribution is 5.80. The summed E-state index contributed by atoms with van der Waals surface area (Å²) < 4.78 is 0. The van der Waals surface area contributed by atoms with E-state index >= 15 is 0 Å². The van der Waals surface area contributed by atoms with Gasteiger partial charge in [-0.15, -0.1) is 0 Å². The second-order valence-corrected chi connectivity index (χ2v) is 1.50. The number of aromatic amines is 1. The molecule has 1 amide bonds. The van der Waals surface area contributed by atoms with Gasteiger partial charge in [-0.25, -0.2) is 9.90 Å². The largest absolute Gasteiger partial charge is 0.456 e. The van der Waals surface area contributed by atoms with Crippen LogP contribution in [-0.4, -0.2) is 11.1 Å². The van der Waals surface area contributed by atoms with Crippen LogP contribution in [0.15, 0.2) is 18.3 Å². The van der Waals surface area contributed by atoms with Crippen molar-refractivity contribution < 1.29 is 9.90 Å². The van der Waals surface area contributed by atoms with E-state index in [-0.39, 0.29) is 0 Å². The van der Waals surface area contributed by atoms with Crippen molar-refractivity contribution in [2.75, 3.05) is 5.32 Å². The minimum atomic E-state index is -1.31. The molecule has 0 spiro atoms. The van der Waals surface area contributed by atoms with Gasteiger partial charge in [0.1, 0.15) is 5.82 Å². The molecule has 0 saturated carbocycles. The zero-order valence-electron chi connectivity index (χ0n) is 4.55. The minimum absolute atomic E-state index is 0.426. The fourth-order valence-electron chi connectivity index (χ4n) is 0.518. The maximum atomic E-state index is 9.82. The van der Waals surface area contributed by atoms with Crippen LogP contribution in [0.5, 0.6) is 0 Å². The molecule has 0 atom stereocenters. The second kappa shape index (κ2) is 2.21. The highest BCUT2D eigenvalue weighted by atomic mass is 16.4. The molecule has 0 saturated heterocycles. The number of carbonyl (C=O) groups excluding carboxylic acids is 1. The lowest BCUT2D eigenvalue weighted by Crippen LogP contribution is -2.05. The highest BCUT2D eigenvalue weighted by Crippen LogP contribution is 1.99. The maximum absolute atomic E-state index is 9.82. The molecule has 1 radical (unpaired) electrons. The number of hydrogen-bond donors (Lipinski definition) is 2. The first-order chi connectivity index (χ1) is 4.29. The molecule has 4 nitrogen and oxygen atoms in total. The lowest BCUT2D eigenvalue weighted by atomic mass is 10.6. The molecule has 0 aliphatic carbocycles. The average molecular weight is 125 g/mol. The van der Waals surface area contributed by atoms with Gasteiger partial charge in [-0.2, -0.15) is 0 Å². The van der Waals surface area contributed by atoms with Crippen molar-refractivity contribution in [3.05, 3.63) is 18.3 Å². The van der Waals surface area contributed by atoms with Gasteiger partial charge >= 0.3 is 6.09 Å². The summed E-state index contributed by atoms with van der Waals surface area (Å²) in [5.74, 6) is 0.426. The van der Waals surface area contributed by atoms with Crippen LogP contribution in [-0.2, 0) is 5.11 Å². The van der Waals surface area contributed by atoms with E-state index in [4.69, 9.17) is 0 Å². The molecule has 2 N–H and O–H groups in total. The molecule has 0 unspecified atom stereocenters. The quantitative estimate of drug-likeness (QED) is 0.577. The Hall–Kier alpha value is -1.45. The molecule has 9 heavy (non-hydrogen) atoms. The standard InChI is InChI=1S/C5H5N2O2/c8-5(9)7-4-2-1-3-6-4/h1-3,6-7H. The van der Waals surface area contributed by atoms with Crippen LogP contribution >= 0.6 is 0 Å². The number of amides is 1. The Labute approximate surface area is 51.5 Å². The summed E-state index contributed by atoms with van der Waals surface area (Å²) in [4.78, 5) is 12.5. The summed E-state index contributed by atoms with van der Waals surface area (Å²) in [6, 6.07) is 3.28. The molecule has 1 aromatic rings. The van der Waals surface area contributed by atoms with Gasteiger partial charge in [0.15, 0.2) is 0 Å². The van der Waals surface area contributed by atoms with E-state index in [1.54, 1.807) is 18.3 Å². The average Bonchev–Trinajstić information content (AvgIpc) is 2.15. The van der Waals surface area contributed by atoms with Gasteiger partial charge in [-0.3, -0.25) is 5.32 Å². The molecule has 0 fully saturated rings. The molecular weight excluding hydrogens is 120 g/mol. The lowest BCUT2D eigenvalue weighted by Gasteiger charge is -1.89. The Bertz CT molecular complexity index is 193. The summed E-state index contributed by atoms with van der Waals surface area (Å²) in [6.45, 7) is 0. The van der Waals surface area contributed by atoms with Crippen LogP contribution in [0.4, 0.5) is 10.6 Å². The van der Waals surface area contributed by atoms with E-state index < -0.39 is 6.09 Å². The Balaban J connectivity index is 2.58. The van der Waals surface area contributed by atoms with Crippen molar-refractivity contribution in [2.24, 2.45) is 0 Å². The Morgan fingerprint density at radius 1 is 1.67 bits per heavy atom. The van der Waals surface area contributed by atoms with Crippen molar-refractivity contribution in [3.63, 3.8) is 0 Å². The zero-order chi connectivity index (χ0) is 6.69. The van der Waals surface area contributed by atoms with Gasteiger partial charge in [-0.05, 0) is 12.1 Å². The Kier molecular flexibility index (Phi) is 1.40. The molecule has 1 heterocycles. The Morgan fingerprint density at radius 2 is 2.44 bits per heavy atom. The minimum Gasteiger partial charge on any atom is -0.348 e. The SMILES string of the molecule is [O]C(=O)Nc1ccc[nH]1. The predicted octanol–water partition coefficient (Wildman–Crippen LogP) is 0.977. The summed E-state index contributed by atoms with van der Waals surface area (Å²) in [7, 11) is 0. The van der Waals surface area contributed by atoms with E-state index in [2.05, 4.69) is 4.98 Å². The number of carbonyl (C=O) groups is 1. The van der Waals surface area contributed by atoms with E-state index in [1.807, 2.05) is 5.32 Å². The number of H-pyrrole nitrogens is 1. The molecule has 0 bridgehead atoms. The second-order valence-electron chi connectivity index (χ2n) is 1.50. The van der Waals surface area contributed by atoms with Crippen molar-refractivity contribution in [3.8, 4) is 0 Å². The van der Waals surface area contributed by atoms with Crippen molar-refractivity contribution in [2.45, 2.75) is 0 Å². The van der Waals surface area contributed by atoms with Gasteiger partial charge in [0.05, 0.1) is 0 Å². The molecule has 1 rings (SSSR count). The van der Waals surface area contributed by atoms with Crippen LogP contribution in [0.2, 0.25) is 0 Å². The van der Waals surface area contributed by atoms with E-state index in [0.717, 1.165) is 0 Å². The third-order valence-corrected chi connectivity index (χ3v) is 0.835. The van der Waals surface area contributed by atoms with Crippen LogP contribution in [0.1, 0.15) is 0 Å². The van der Waals surface area contributed by atoms with E-state index in [0.29, 0.717) is 5.82 Å². The highest BCUT2D eigenvalue weighted by Gasteiger charge is 1.96. The fourth-order valence-corrected chi connectivity index (χ4v) is 0.518. The maximum Gasteiger partial charge on any atom is 0.456 e.